The lowest BCUT2D eigenvalue weighted by molar-refractivity contribution is -0.121. The Morgan fingerprint density at radius 1 is 1.26 bits per heavy atom. The molecule has 2 aromatic rings. The number of carbonyl (C=O) groups is 1. The summed E-state index contributed by atoms with van der Waals surface area (Å²) in [4.78, 5) is 37.3. The molecule has 27 heavy (non-hydrogen) atoms. The quantitative estimate of drug-likeness (QED) is 0.727. The van der Waals surface area contributed by atoms with Crippen LogP contribution in [0.3, 0.4) is 0 Å². The van der Waals surface area contributed by atoms with Crippen LogP contribution in [0.15, 0.2) is 44.5 Å². The number of hydrogen-bond donors (Lipinski definition) is 2. The smallest absolute Gasteiger partial charge is 0.328 e. The molecule has 1 amide bonds. The number of halogens is 1. The van der Waals surface area contributed by atoms with Crippen molar-refractivity contribution in [1.29, 1.82) is 0 Å². The van der Waals surface area contributed by atoms with Crippen molar-refractivity contribution in [3.8, 4) is 5.75 Å². The van der Waals surface area contributed by atoms with Gasteiger partial charge in [0, 0.05) is 12.7 Å². The summed E-state index contributed by atoms with van der Waals surface area (Å²) in [6, 6.07) is 7.68. The Balaban J connectivity index is 1.55. The van der Waals surface area contributed by atoms with Crippen molar-refractivity contribution in [3.63, 3.8) is 0 Å². The first kappa shape index (κ1) is 19.4. The number of ether oxygens (including phenoxy) is 1. The molecule has 144 valence electrons. The Bertz CT molecular complexity index is 916. The minimum absolute atomic E-state index is 0.174. The summed E-state index contributed by atoms with van der Waals surface area (Å²) in [6.45, 7) is 0.159. The van der Waals surface area contributed by atoms with E-state index < -0.39 is 11.2 Å². The zero-order valence-corrected chi connectivity index (χ0v) is 16.5. The maximum atomic E-state index is 12.1. The average molecular weight is 436 g/mol. The number of H-pyrrole nitrogens is 1. The number of hydrogen-bond acceptors (Lipinski definition) is 4. The van der Waals surface area contributed by atoms with Gasteiger partial charge < -0.3 is 10.1 Å². The molecule has 1 aromatic carbocycles. The SMILES string of the molecule is O=C(Cn1cc(Br)c(=O)[nH]c1=O)NCc1cccc(OC2CCCCC2)c1. The molecule has 1 aliphatic carbocycles. The van der Waals surface area contributed by atoms with Gasteiger partial charge in [-0.15, -0.1) is 0 Å². The van der Waals surface area contributed by atoms with Crippen LogP contribution in [-0.4, -0.2) is 21.6 Å². The third kappa shape index (κ3) is 5.56. The van der Waals surface area contributed by atoms with Gasteiger partial charge in [-0.1, -0.05) is 18.6 Å². The van der Waals surface area contributed by atoms with Gasteiger partial charge in [0.25, 0.3) is 5.56 Å². The number of nitrogens with zero attached hydrogens (tertiary/aromatic N) is 1. The molecule has 1 aromatic heterocycles. The predicted molar refractivity (Wildman–Crippen MR) is 105 cm³/mol. The van der Waals surface area contributed by atoms with Gasteiger partial charge in [0.2, 0.25) is 5.91 Å². The van der Waals surface area contributed by atoms with Gasteiger partial charge >= 0.3 is 5.69 Å². The Morgan fingerprint density at radius 2 is 2.04 bits per heavy atom. The van der Waals surface area contributed by atoms with Crippen LogP contribution in [0.4, 0.5) is 0 Å². The first-order chi connectivity index (χ1) is 13.0. The zero-order chi connectivity index (χ0) is 19.2. The molecule has 0 aliphatic heterocycles. The second kappa shape index (κ2) is 9.03. The standard InChI is InChI=1S/C19H22BrN3O4/c20-16-11-23(19(26)22-18(16)25)12-17(24)21-10-13-5-4-8-15(9-13)27-14-6-2-1-3-7-14/h4-5,8-9,11,14H,1-3,6-7,10,12H2,(H,21,24)(H,22,25,26). The molecular weight excluding hydrogens is 414 g/mol. The fourth-order valence-electron chi connectivity index (χ4n) is 3.12. The summed E-state index contributed by atoms with van der Waals surface area (Å²) >= 11 is 3.05. The molecule has 0 atom stereocenters. The fourth-order valence-corrected chi connectivity index (χ4v) is 3.46. The third-order valence-electron chi connectivity index (χ3n) is 4.52. The summed E-state index contributed by atoms with van der Waals surface area (Å²) in [5, 5.41) is 2.78. The summed E-state index contributed by atoms with van der Waals surface area (Å²) in [6.07, 6.45) is 7.45. The van der Waals surface area contributed by atoms with Crippen LogP contribution in [0.2, 0.25) is 0 Å². The lowest BCUT2D eigenvalue weighted by Gasteiger charge is -2.23. The molecule has 0 saturated heterocycles. The van der Waals surface area contributed by atoms with Gasteiger partial charge in [-0.05, 0) is 59.3 Å². The predicted octanol–water partition coefficient (Wildman–Crippen LogP) is 2.33. The van der Waals surface area contributed by atoms with Crippen LogP contribution < -0.4 is 21.3 Å². The highest BCUT2D eigenvalue weighted by molar-refractivity contribution is 9.10. The van der Waals surface area contributed by atoms with Crippen molar-refractivity contribution >= 4 is 21.8 Å². The third-order valence-corrected chi connectivity index (χ3v) is 5.09. The van der Waals surface area contributed by atoms with Crippen molar-refractivity contribution in [2.24, 2.45) is 0 Å². The Morgan fingerprint density at radius 3 is 2.81 bits per heavy atom. The van der Waals surface area contributed by atoms with Gasteiger partial charge in [0.1, 0.15) is 12.3 Å². The molecule has 2 N–H and O–H groups in total. The van der Waals surface area contributed by atoms with Crippen LogP contribution in [0.5, 0.6) is 5.75 Å². The number of amides is 1. The molecule has 1 saturated carbocycles. The molecular formula is C19H22BrN3O4. The van der Waals surface area contributed by atoms with E-state index in [1.165, 1.54) is 25.5 Å². The van der Waals surface area contributed by atoms with Crippen molar-refractivity contribution in [3.05, 3.63) is 61.3 Å². The number of aromatic amines is 1. The normalized spacial score (nSPS) is 14.7. The first-order valence-electron chi connectivity index (χ1n) is 9.03. The largest absolute Gasteiger partial charge is 0.490 e. The van der Waals surface area contributed by atoms with E-state index in [4.69, 9.17) is 4.74 Å². The first-order valence-corrected chi connectivity index (χ1v) is 9.82. The molecule has 1 heterocycles. The molecule has 3 rings (SSSR count). The molecule has 0 unspecified atom stereocenters. The van der Waals surface area contributed by atoms with Gasteiger partial charge in [0.05, 0.1) is 10.6 Å². The summed E-state index contributed by atoms with van der Waals surface area (Å²) in [7, 11) is 0. The molecule has 8 heteroatoms. The Labute approximate surface area is 164 Å². The second-order valence-electron chi connectivity index (χ2n) is 6.67. The Kier molecular flexibility index (Phi) is 6.49. The molecule has 1 aliphatic rings. The van der Waals surface area contributed by atoms with Crippen molar-refractivity contribution in [1.82, 2.24) is 14.9 Å². The van der Waals surface area contributed by atoms with E-state index in [9.17, 15) is 14.4 Å². The van der Waals surface area contributed by atoms with Gasteiger partial charge in [-0.2, -0.15) is 0 Å². The number of aromatic nitrogens is 2. The van der Waals surface area contributed by atoms with Crippen molar-refractivity contribution in [2.45, 2.75) is 51.3 Å². The van der Waals surface area contributed by atoms with Crippen molar-refractivity contribution in [2.75, 3.05) is 0 Å². The maximum absolute atomic E-state index is 12.1. The van der Waals surface area contributed by atoms with E-state index in [0.29, 0.717) is 6.54 Å². The van der Waals surface area contributed by atoms with Crippen LogP contribution in [0.25, 0.3) is 0 Å². The number of carbonyl (C=O) groups excluding carboxylic acids is 1. The summed E-state index contributed by atoms with van der Waals surface area (Å²) in [5.74, 6) is 0.490. The number of nitrogens with one attached hydrogen (secondary N) is 2. The van der Waals surface area contributed by atoms with Crippen LogP contribution in [0.1, 0.15) is 37.7 Å². The summed E-state index contributed by atoms with van der Waals surface area (Å²) in [5.41, 5.74) is -0.223. The van der Waals surface area contributed by atoms with Crippen LogP contribution >= 0.6 is 15.9 Å². The van der Waals surface area contributed by atoms with Gasteiger partial charge in [-0.3, -0.25) is 19.1 Å². The highest BCUT2D eigenvalue weighted by Gasteiger charge is 2.15. The second-order valence-corrected chi connectivity index (χ2v) is 7.52. The minimum Gasteiger partial charge on any atom is -0.490 e. The zero-order valence-electron chi connectivity index (χ0n) is 14.9. The van der Waals surface area contributed by atoms with E-state index in [-0.39, 0.29) is 23.0 Å². The molecule has 1 fully saturated rings. The Hall–Kier alpha value is -2.35. The lowest BCUT2D eigenvalue weighted by Crippen LogP contribution is -2.35. The van der Waals surface area contributed by atoms with Crippen LogP contribution in [0, 0.1) is 0 Å². The number of rotatable bonds is 6. The summed E-state index contributed by atoms with van der Waals surface area (Å²) < 4.78 is 7.38. The maximum Gasteiger partial charge on any atom is 0.328 e. The molecule has 7 nitrogen and oxygen atoms in total. The lowest BCUT2D eigenvalue weighted by atomic mass is 9.98. The molecule has 0 radical (unpaired) electrons. The highest BCUT2D eigenvalue weighted by Crippen LogP contribution is 2.23. The fraction of sp³-hybridized carbons (Fsp3) is 0.421. The molecule has 0 bridgehead atoms. The van der Waals surface area contributed by atoms with Crippen molar-refractivity contribution < 1.29 is 9.53 Å². The van der Waals surface area contributed by atoms with E-state index in [1.54, 1.807) is 0 Å². The topological polar surface area (TPSA) is 93.2 Å². The average Bonchev–Trinajstić information content (AvgIpc) is 2.66. The monoisotopic (exact) mass is 435 g/mol. The highest BCUT2D eigenvalue weighted by atomic mass is 79.9. The minimum atomic E-state index is -0.624. The van der Waals surface area contributed by atoms with E-state index in [1.807, 2.05) is 24.3 Å². The number of benzene rings is 1. The molecule has 0 spiro atoms. The van der Waals surface area contributed by atoms with Crippen LogP contribution in [-0.2, 0) is 17.9 Å². The van der Waals surface area contributed by atoms with E-state index in [2.05, 4.69) is 26.2 Å². The van der Waals surface area contributed by atoms with Gasteiger partial charge in [0.15, 0.2) is 0 Å². The van der Waals surface area contributed by atoms with E-state index >= 15 is 0 Å². The van der Waals surface area contributed by atoms with Gasteiger partial charge in [-0.25, -0.2) is 4.79 Å². The van der Waals surface area contributed by atoms with E-state index in [0.717, 1.165) is 28.7 Å².